The Labute approximate surface area is 128 Å². The van der Waals surface area contributed by atoms with Gasteiger partial charge in [0.15, 0.2) is 0 Å². The summed E-state index contributed by atoms with van der Waals surface area (Å²) in [6, 6.07) is 2.11. The van der Waals surface area contributed by atoms with E-state index in [1.54, 1.807) is 11.9 Å². The summed E-state index contributed by atoms with van der Waals surface area (Å²) < 4.78 is 0. The van der Waals surface area contributed by atoms with E-state index in [2.05, 4.69) is 11.4 Å². The van der Waals surface area contributed by atoms with E-state index < -0.39 is 5.97 Å². The summed E-state index contributed by atoms with van der Waals surface area (Å²) in [5.74, 6) is -1.04. The highest BCUT2D eigenvalue weighted by Crippen LogP contribution is 2.31. The highest BCUT2D eigenvalue weighted by molar-refractivity contribution is 7.16. The van der Waals surface area contributed by atoms with Gasteiger partial charge in [0.05, 0.1) is 12.1 Å². The summed E-state index contributed by atoms with van der Waals surface area (Å²) in [6.07, 6.45) is 0.591. The van der Waals surface area contributed by atoms with Crippen molar-refractivity contribution in [1.29, 1.82) is 5.26 Å². The molecule has 0 radical (unpaired) electrons. The van der Waals surface area contributed by atoms with E-state index in [-0.39, 0.29) is 18.9 Å². The lowest BCUT2D eigenvalue weighted by Crippen LogP contribution is -2.31. The van der Waals surface area contributed by atoms with Crippen molar-refractivity contribution in [3.05, 3.63) is 16.0 Å². The fraction of sp³-hybridized carbons (Fsp3) is 0.500. The Balaban J connectivity index is 2.53. The quantitative estimate of drug-likeness (QED) is 0.803. The minimum Gasteiger partial charge on any atom is -0.481 e. The molecule has 1 aromatic rings. The van der Waals surface area contributed by atoms with Gasteiger partial charge in [-0.3, -0.25) is 14.5 Å². The number of amides is 1. The van der Waals surface area contributed by atoms with E-state index in [9.17, 15) is 9.59 Å². The minimum atomic E-state index is -0.837. The van der Waals surface area contributed by atoms with Crippen molar-refractivity contribution in [3.8, 4) is 6.07 Å². The number of carbonyl (C=O) groups excluding carboxylic acids is 1. The fourth-order valence-electron chi connectivity index (χ4n) is 1.84. The summed E-state index contributed by atoms with van der Waals surface area (Å²) in [5.41, 5.74) is 1.41. The molecule has 0 saturated carbocycles. The second-order valence-corrected chi connectivity index (χ2v) is 6.11. The third kappa shape index (κ3) is 5.17. The molecular formula is C14H19N3O3S. The molecule has 0 aliphatic carbocycles. The molecule has 6 nitrogen and oxygen atoms in total. The van der Waals surface area contributed by atoms with E-state index in [1.165, 1.54) is 11.3 Å². The molecule has 0 fully saturated rings. The van der Waals surface area contributed by atoms with Gasteiger partial charge in [-0.25, -0.2) is 0 Å². The number of nitriles is 1. The molecule has 0 bridgehead atoms. The first-order valence-corrected chi connectivity index (χ1v) is 7.37. The number of carboxylic acid groups (broad SMARTS) is 1. The molecule has 21 heavy (non-hydrogen) atoms. The Morgan fingerprint density at radius 1 is 1.43 bits per heavy atom. The lowest BCUT2D eigenvalue weighted by molar-refractivity contribution is -0.137. The van der Waals surface area contributed by atoms with E-state index in [4.69, 9.17) is 10.4 Å². The van der Waals surface area contributed by atoms with E-state index in [1.807, 2.05) is 13.8 Å². The van der Waals surface area contributed by atoms with Gasteiger partial charge >= 0.3 is 5.97 Å². The van der Waals surface area contributed by atoms with Crippen molar-refractivity contribution in [2.45, 2.75) is 26.7 Å². The lowest BCUT2D eigenvalue weighted by Gasteiger charge is -2.15. The first kappa shape index (κ1) is 17.1. The Morgan fingerprint density at radius 2 is 2.10 bits per heavy atom. The molecule has 114 valence electrons. The number of likely N-dealkylation sites (N-methyl/N-ethyl adjacent to an activating group) is 1. The van der Waals surface area contributed by atoms with Crippen LogP contribution in [0.1, 0.15) is 28.8 Å². The zero-order valence-corrected chi connectivity index (χ0v) is 13.2. The Morgan fingerprint density at radius 3 is 2.67 bits per heavy atom. The number of hydrogen-bond donors (Lipinski definition) is 2. The Kier molecular flexibility index (Phi) is 6.34. The van der Waals surface area contributed by atoms with Crippen LogP contribution in [0, 0.1) is 25.2 Å². The van der Waals surface area contributed by atoms with Gasteiger partial charge in [-0.15, -0.1) is 11.3 Å². The van der Waals surface area contributed by atoms with Gasteiger partial charge in [0, 0.05) is 11.3 Å². The fourth-order valence-corrected chi connectivity index (χ4v) is 2.87. The summed E-state index contributed by atoms with van der Waals surface area (Å²) >= 11 is 1.39. The maximum absolute atomic E-state index is 11.9. The number of aryl methyl sites for hydroxylation is 1. The summed E-state index contributed by atoms with van der Waals surface area (Å²) in [7, 11) is 1.76. The lowest BCUT2D eigenvalue weighted by atomic mass is 10.2. The van der Waals surface area contributed by atoms with Crippen LogP contribution in [0.15, 0.2) is 0 Å². The zero-order valence-electron chi connectivity index (χ0n) is 12.4. The van der Waals surface area contributed by atoms with Crippen molar-refractivity contribution >= 4 is 28.2 Å². The number of hydrogen-bond acceptors (Lipinski definition) is 5. The molecule has 0 aromatic carbocycles. The molecule has 7 heteroatoms. The minimum absolute atomic E-state index is 0.0911. The van der Waals surface area contributed by atoms with Crippen LogP contribution < -0.4 is 5.32 Å². The number of rotatable bonds is 7. The van der Waals surface area contributed by atoms with E-state index in [0.717, 1.165) is 10.4 Å². The molecule has 1 heterocycles. The van der Waals surface area contributed by atoms with Gasteiger partial charge < -0.3 is 10.4 Å². The highest BCUT2D eigenvalue weighted by Gasteiger charge is 2.15. The van der Waals surface area contributed by atoms with Crippen LogP contribution in [-0.4, -0.2) is 42.0 Å². The van der Waals surface area contributed by atoms with Crippen LogP contribution in [0.25, 0.3) is 0 Å². The molecule has 0 atom stereocenters. The average Bonchev–Trinajstić information content (AvgIpc) is 2.63. The number of carbonyl (C=O) groups is 2. The van der Waals surface area contributed by atoms with Gasteiger partial charge in [0.2, 0.25) is 5.91 Å². The van der Waals surface area contributed by atoms with Crippen molar-refractivity contribution in [3.63, 3.8) is 0 Å². The number of nitrogens with one attached hydrogen (secondary N) is 1. The number of anilines is 1. The third-order valence-electron chi connectivity index (χ3n) is 3.09. The van der Waals surface area contributed by atoms with Crippen LogP contribution in [0.2, 0.25) is 0 Å². The van der Waals surface area contributed by atoms with Gasteiger partial charge in [-0.2, -0.15) is 5.26 Å². The zero-order chi connectivity index (χ0) is 16.0. The molecule has 1 amide bonds. The summed E-state index contributed by atoms with van der Waals surface area (Å²) in [5, 5.41) is 21.0. The molecular weight excluding hydrogens is 290 g/mol. The first-order valence-electron chi connectivity index (χ1n) is 6.55. The molecule has 0 saturated heterocycles. The van der Waals surface area contributed by atoms with Crippen LogP contribution in [0.5, 0.6) is 0 Å². The second-order valence-electron chi connectivity index (χ2n) is 4.88. The molecule has 0 aliphatic heterocycles. The SMILES string of the molecule is Cc1sc(NC(=O)CN(C)CCCC(=O)O)c(C#N)c1C. The first-order chi connectivity index (χ1) is 9.85. The smallest absolute Gasteiger partial charge is 0.303 e. The Bertz CT molecular complexity index is 575. The standard InChI is InChI=1S/C14H19N3O3S/c1-9-10(2)21-14(11(9)7-15)16-12(18)8-17(3)6-4-5-13(19)20/h4-6,8H2,1-3H3,(H,16,18)(H,19,20). The summed E-state index contributed by atoms with van der Waals surface area (Å²) in [4.78, 5) is 25.1. The summed E-state index contributed by atoms with van der Waals surface area (Å²) in [6.45, 7) is 4.47. The predicted octanol–water partition coefficient (Wildman–Crippen LogP) is 1.97. The topological polar surface area (TPSA) is 93.4 Å². The highest BCUT2D eigenvalue weighted by atomic mass is 32.1. The predicted molar refractivity (Wildman–Crippen MR) is 81.5 cm³/mol. The van der Waals surface area contributed by atoms with Crippen LogP contribution in [-0.2, 0) is 9.59 Å². The van der Waals surface area contributed by atoms with Crippen molar-refractivity contribution in [1.82, 2.24) is 4.90 Å². The second kappa shape index (κ2) is 7.76. The Hall–Kier alpha value is -1.91. The molecule has 0 unspecified atom stereocenters. The normalized spacial score (nSPS) is 10.4. The largest absolute Gasteiger partial charge is 0.481 e. The van der Waals surface area contributed by atoms with Gasteiger partial charge in [0.25, 0.3) is 0 Å². The monoisotopic (exact) mass is 309 g/mol. The van der Waals surface area contributed by atoms with Crippen molar-refractivity contribution < 1.29 is 14.7 Å². The number of thiophene rings is 1. The van der Waals surface area contributed by atoms with Crippen LogP contribution in [0.4, 0.5) is 5.00 Å². The van der Waals surface area contributed by atoms with Crippen molar-refractivity contribution in [2.24, 2.45) is 0 Å². The van der Waals surface area contributed by atoms with Crippen molar-refractivity contribution in [2.75, 3.05) is 25.5 Å². The molecule has 0 aliphatic rings. The van der Waals surface area contributed by atoms with Gasteiger partial charge in [-0.05, 0) is 39.4 Å². The van der Waals surface area contributed by atoms with Gasteiger partial charge in [0.1, 0.15) is 11.1 Å². The van der Waals surface area contributed by atoms with Crippen LogP contribution in [0.3, 0.4) is 0 Å². The average molecular weight is 309 g/mol. The number of aliphatic carboxylic acids is 1. The maximum Gasteiger partial charge on any atom is 0.303 e. The maximum atomic E-state index is 11.9. The van der Waals surface area contributed by atoms with Gasteiger partial charge in [-0.1, -0.05) is 0 Å². The van der Waals surface area contributed by atoms with E-state index >= 15 is 0 Å². The van der Waals surface area contributed by atoms with E-state index in [0.29, 0.717) is 23.5 Å². The molecule has 1 aromatic heterocycles. The molecule has 0 spiro atoms. The number of carboxylic acids is 1. The molecule has 2 N–H and O–H groups in total. The number of nitrogens with zero attached hydrogens (tertiary/aromatic N) is 2. The molecule has 1 rings (SSSR count). The van der Waals surface area contributed by atoms with Crippen LogP contribution >= 0.6 is 11.3 Å². The third-order valence-corrected chi connectivity index (χ3v) is 4.22.